The molecule has 0 heterocycles. The van der Waals surface area contributed by atoms with Crippen molar-refractivity contribution in [1.29, 1.82) is 0 Å². The summed E-state index contributed by atoms with van der Waals surface area (Å²) in [6.45, 7) is -0.00121. The van der Waals surface area contributed by atoms with Crippen molar-refractivity contribution >= 4 is 29.3 Å². The van der Waals surface area contributed by atoms with E-state index in [1.807, 2.05) is 30.5 Å². The van der Waals surface area contributed by atoms with Gasteiger partial charge in [0.25, 0.3) is 5.91 Å². The Balaban J connectivity index is 1.88. The van der Waals surface area contributed by atoms with Crippen LogP contribution in [0.3, 0.4) is 0 Å². The average molecular weight is 362 g/mol. The molecule has 0 bridgehead atoms. The Bertz CT molecular complexity index is 765. The zero-order chi connectivity index (χ0) is 18.4. The molecule has 0 spiro atoms. The molecule has 2 aromatic rings. The first-order valence-corrected chi connectivity index (χ1v) is 8.72. The number of rotatable bonds is 6. The maximum Gasteiger partial charge on any atom is 0.340 e. The number of halogens is 1. The quantitative estimate of drug-likeness (QED) is 0.486. The maximum absolute atomic E-state index is 13.0. The first-order valence-electron chi connectivity index (χ1n) is 7.49. The van der Waals surface area contributed by atoms with Crippen molar-refractivity contribution in [3.8, 4) is 0 Å². The number of carbonyl (C=O) groups is 2. The molecule has 0 aliphatic rings. The van der Waals surface area contributed by atoms with E-state index in [4.69, 9.17) is 10.5 Å². The third-order valence-electron chi connectivity index (χ3n) is 3.56. The molecule has 2 rings (SSSR count). The largest absolute Gasteiger partial charge is 0.452 e. The van der Waals surface area contributed by atoms with Gasteiger partial charge in [0.15, 0.2) is 6.61 Å². The van der Waals surface area contributed by atoms with E-state index in [0.717, 1.165) is 22.6 Å². The second-order valence-electron chi connectivity index (χ2n) is 5.41. The van der Waals surface area contributed by atoms with Crippen LogP contribution < -0.4 is 5.73 Å². The minimum atomic E-state index is -0.761. The SMILES string of the molecule is CSc1ccc(CN(C)C(=O)COC(=O)c2ccc(F)cc2N)cc1. The van der Waals surface area contributed by atoms with Gasteiger partial charge < -0.3 is 15.4 Å². The van der Waals surface area contributed by atoms with Gasteiger partial charge in [-0.3, -0.25) is 4.79 Å². The van der Waals surface area contributed by atoms with Gasteiger partial charge in [0.2, 0.25) is 0 Å². The summed E-state index contributed by atoms with van der Waals surface area (Å²) in [6.07, 6.45) is 1.99. The van der Waals surface area contributed by atoms with Gasteiger partial charge >= 0.3 is 5.97 Å². The van der Waals surface area contributed by atoms with Crippen LogP contribution in [0.2, 0.25) is 0 Å². The van der Waals surface area contributed by atoms with Gasteiger partial charge in [-0.1, -0.05) is 12.1 Å². The van der Waals surface area contributed by atoms with Crippen LogP contribution in [0.25, 0.3) is 0 Å². The number of nitrogens with zero attached hydrogens (tertiary/aromatic N) is 1. The third kappa shape index (κ3) is 5.22. The second-order valence-corrected chi connectivity index (χ2v) is 6.29. The fourth-order valence-corrected chi connectivity index (χ4v) is 2.54. The first kappa shape index (κ1) is 18.8. The molecule has 0 saturated heterocycles. The number of benzene rings is 2. The van der Waals surface area contributed by atoms with Crippen LogP contribution in [0.5, 0.6) is 0 Å². The molecular weight excluding hydrogens is 343 g/mol. The molecule has 0 unspecified atom stereocenters. The summed E-state index contributed by atoms with van der Waals surface area (Å²) in [4.78, 5) is 26.6. The normalized spacial score (nSPS) is 10.4. The van der Waals surface area contributed by atoms with E-state index >= 15 is 0 Å². The number of hydrogen-bond acceptors (Lipinski definition) is 5. The van der Waals surface area contributed by atoms with Gasteiger partial charge in [0.05, 0.1) is 5.56 Å². The zero-order valence-corrected chi connectivity index (χ0v) is 14.8. The van der Waals surface area contributed by atoms with Crippen molar-refractivity contribution in [2.45, 2.75) is 11.4 Å². The maximum atomic E-state index is 13.0. The summed E-state index contributed by atoms with van der Waals surface area (Å²) in [7, 11) is 1.63. The average Bonchev–Trinajstić information content (AvgIpc) is 2.60. The molecule has 0 saturated carbocycles. The minimum Gasteiger partial charge on any atom is -0.452 e. The Morgan fingerprint density at radius 1 is 1.20 bits per heavy atom. The van der Waals surface area contributed by atoms with Crippen LogP contribution in [-0.2, 0) is 16.1 Å². The number of thioether (sulfide) groups is 1. The van der Waals surface area contributed by atoms with E-state index in [1.165, 1.54) is 11.0 Å². The van der Waals surface area contributed by atoms with Crippen molar-refractivity contribution < 1.29 is 18.7 Å². The molecule has 2 aromatic carbocycles. The smallest absolute Gasteiger partial charge is 0.340 e. The minimum absolute atomic E-state index is 0.0281. The van der Waals surface area contributed by atoms with E-state index in [9.17, 15) is 14.0 Å². The van der Waals surface area contributed by atoms with E-state index in [2.05, 4.69) is 0 Å². The van der Waals surface area contributed by atoms with Crippen molar-refractivity contribution in [2.24, 2.45) is 0 Å². The van der Waals surface area contributed by atoms with Gasteiger partial charge in [-0.25, -0.2) is 9.18 Å². The van der Waals surface area contributed by atoms with Gasteiger partial charge in [-0.15, -0.1) is 11.8 Å². The summed E-state index contributed by atoms with van der Waals surface area (Å²) in [5, 5.41) is 0. The highest BCUT2D eigenvalue weighted by Gasteiger charge is 2.16. The Hall–Kier alpha value is -2.54. The third-order valence-corrected chi connectivity index (χ3v) is 4.31. The molecule has 0 aliphatic heterocycles. The van der Waals surface area contributed by atoms with E-state index in [0.29, 0.717) is 6.54 Å². The molecule has 5 nitrogen and oxygen atoms in total. The highest BCUT2D eigenvalue weighted by atomic mass is 32.2. The molecule has 0 atom stereocenters. The number of esters is 1. The zero-order valence-electron chi connectivity index (χ0n) is 14.0. The van der Waals surface area contributed by atoms with E-state index in [1.54, 1.807) is 18.8 Å². The molecule has 2 N–H and O–H groups in total. The molecular formula is C18H19FN2O3S. The summed E-state index contributed by atoms with van der Waals surface area (Å²) in [5.41, 5.74) is 6.56. The summed E-state index contributed by atoms with van der Waals surface area (Å²) >= 11 is 1.64. The lowest BCUT2D eigenvalue weighted by atomic mass is 10.2. The Morgan fingerprint density at radius 3 is 2.48 bits per heavy atom. The predicted molar refractivity (Wildman–Crippen MR) is 95.8 cm³/mol. The highest BCUT2D eigenvalue weighted by Crippen LogP contribution is 2.16. The topological polar surface area (TPSA) is 72.6 Å². The Kier molecular flexibility index (Phi) is 6.41. The molecule has 7 heteroatoms. The lowest BCUT2D eigenvalue weighted by Gasteiger charge is -2.17. The second kappa shape index (κ2) is 8.53. The monoisotopic (exact) mass is 362 g/mol. The number of amides is 1. The van der Waals surface area contributed by atoms with Crippen LogP contribution in [0, 0.1) is 5.82 Å². The van der Waals surface area contributed by atoms with Gasteiger partial charge in [-0.05, 0) is 42.2 Å². The van der Waals surface area contributed by atoms with Crippen LogP contribution in [-0.4, -0.2) is 36.7 Å². The Morgan fingerprint density at radius 2 is 1.88 bits per heavy atom. The number of likely N-dealkylation sites (N-methyl/N-ethyl adjacent to an activating group) is 1. The van der Waals surface area contributed by atoms with Crippen molar-refractivity contribution in [1.82, 2.24) is 4.90 Å². The number of nitrogens with two attached hydrogens (primary N) is 1. The number of anilines is 1. The number of ether oxygens (including phenoxy) is 1. The van der Waals surface area contributed by atoms with Crippen molar-refractivity contribution in [2.75, 3.05) is 25.6 Å². The molecule has 25 heavy (non-hydrogen) atoms. The molecule has 1 amide bonds. The summed E-state index contributed by atoms with van der Waals surface area (Å²) in [5.74, 6) is -1.65. The summed E-state index contributed by atoms with van der Waals surface area (Å²) in [6, 6.07) is 11.2. The molecule has 0 radical (unpaired) electrons. The predicted octanol–water partition coefficient (Wildman–Crippen LogP) is 2.95. The van der Waals surface area contributed by atoms with Gasteiger partial charge in [-0.2, -0.15) is 0 Å². The molecule has 0 aromatic heterocycles. The fraction of sp³-hybridized carbons (Fsp3) is 0.222. The van der Waals surface area contributed by atoms with Crippen LogP contribution in [0.15, 0.2) is 47.4 Å². The van der Waals surface area contributed by atoms with Crippen LogP contribution in [0.1, 0.15) is 15.9 Å². The molecule has 0 fully saturated rings. The molecule has 132 valence electrons. The summed E-state index contributed by atoms with van der Waals surface area (Å²) < 4.78 is 18.0. The lowest BCUT2D eigenvalue weighted by Crippen LogP contribution is -2.30. The number of nitrogen functional groups attached to an aromatic ring is 1. The van der Waals surface area contributed by atoms with E-state index < -0.39 is 18.4 Å². The van der Waals surface area contributed by atoms with Gasteiger partial charge in [0, 0.05) is 24.2 Å². The fourth-order valence-electron chi connectivity index (χ4n) is 2.13. The number of carbonyl (C=O) groups excluding carboxylic acids is 2. The van der Waals surface area contributed by atoms with Crippen molar-refractivity contribution in [3.05, 3.63) is 59.4 Å². The lowest BCUT2D eigenvalue weighted by molar-refractivity contribution is -0.133. The van der Waals surface area contributed by atoms with Crippen LogP contribution in [0.4, 0.5) is 10.1 Å². The molecule has 0 aliphatic carbocycles. The van der Waals surface area contributed by atoms with E-state index in [-0.39, 0.29) is 17.2 Å². The van der Waals surface area contributed by atoms with Crippen LogP contribution >= 0.6 is 11.8 Å². The Labute approximate surface area is 150 Å². The number of hydrogen-bond donors (Lipinski definition) is 1. The standard InChI is InChI=1S/C18H19FN2O3S/c1-21(10-12-3-6-14(25-2)7-4-12)17(22)11-24-18(23)15-8-5-13(19)9-16(15)20/h3-9H,10-11,20H2,1-2H3. The first-order chi connectivity index (χ1) is 11.9. The van der Waals surface area contributed by atoms with Crippen molar-refractivity contribution in [3.63, 3.8) is 0 Å². The van der Waals surface area contributed by atoms with Gasteiger partial charge in [0.1, 0.15) is 5.82 Å². The highest BCUT2D eigenvalue weighted by molar-refractivity contribution is 7.98.